The number of aliphatic carboxylic acids is 1. The van der Waals surface area contributed by atoms with Crippen LogP contribution in [0.25, 0.3) is 0 Å². The topological polar surface area (TPSA) is 123 Å². The maximum atomic E-state index is 12.0. The number of aromatic nitrogens is 2. The maximum Gasteiger partial charge on any atom is 0.303 e. The van der Waals surface area contributed by atoms with Crippen LogP contribution in [0.3, 0.4) is 0 Å². The molecule has 39 heavy (non-hydrogen) atoms. The van der Waals surface area contributed by atoms with Crippen LogP contribution in [0.15, 0.2) is 66.1 Å². The number of nitrogens with zero attached hydrogens (tertiary/aromatic N) is 2. The summed E-state index contributed by atoms with van der Waals surface area (Å²) >= 11 is 1.65. The van der Waals surface area contributed by atoms with Crippen molar-refractivity contribution in [2.75, 3.05) is 5.75 Å². The van der Waals surface area contributed by atoms with Crippen LogP contribution in [-0.4, -0.2) is 43.5 Å². The number of nitrogens with one attached hydrogen (secondary N) is 1. The minimum absolute atomic E-state index is 0.00877. The Morgan fingerprint density at radius 2 is 1.72 bits per heavy atom. The second-order valence-corrected chi connectivity index (χ2v) is 10.7. The number of carbonyl (C=O) groups is 2. The molecule has 208 valence electrons. The summed E-state index contributed by atoms with van der Waals surface area (Å²) in [6.45, 7) is 2.48. The number of thioether (sulfide) groups is 1. The summed E-state index contributed by atoms with van der Waals surface area (Å²) in [7, 11) is 1.97. The van der Waals surface area contributed by atoms with Crippen molar-refractivity contribution in [3.63, 3.8) is 0 Å². The standard InChI is InChI=1S/C29H35N3O6S/c1-19-24(18-39-29-30-14-15-32(29)2)37-28(38-27(19)22-10-8-21(17-33)9-11-22)23-12-6-20(7-13-23)16-31-25(34)4-3-5-26(35)36/h6-15,19,24,27-28,33H,3-5,16-18H2,1-2H3,(H,31,34)(H,35,36)/t19-,24+,27+,28+/m1/s1. The predicted octanol–water partition coefficient (Wildman–Crippen LogP) is 4.37. The zero-order valence-electron chi connectivity index (χ0n) is 22.2. The summed E-state index contributed by atoms with van der Waals surface area (Å²) in [5.74, 6) is -0.286. The molecule has 1 saturated heterocycles. The number of aliphatic hydroxyl groups excluding tert-OH is 1. The Morgan fingerprint density at radius 3 is 2.36 bits per heavy atom. The third-order valence-electron chi connectivity index (χ3n) is 6.81. The summed E-state index contributed by atoms with van der Waals surface area (Å²) < 4.78 is 15.0. The van der Waals surface area contributed by atoms with Gasteiger partial charge in [-0.25, -0.2) is 4.98 Å². The molecule has 0 saturated carbocycles. The number of rotatable bonds is 12. The molecule has 1 aromatic heterocycles. The second kappa shape index (κ2) is 13.7. The Morgan fingerprint density at radius 1 is 1.03 bits per heavy atom. The van der Waals surface area contributed by atoms with Crippen LogP contribution in [0.4, 0.5) is 0 Å². The molecule has 2 aromatic carbocycles. The van der Waals surface area contributed by atoms with E-state index < -0.39 is 12.3 Å². The van der Waals surface area contributed by atoms with Gasteiger partial charge in [-0.05, 0) is 23.1 Å². The number of carboxylic acids is 1. The van der Waals surface area contributed by atoms with Crippen molar-refractivity contribution in [2.24, 2.45) is 13.0 Å². The Kier molecular flexibility index (Phi) is 10.2. The summed E-state index contributed by atoms with van der Waals surface area (Å²) in [5, 5.41) is 21.9. The van der Waals surface area contributed by atoms with Gasteiger partial charge >= 0.3 is 5.97 Å². The van der Waals surface area contributed by atoms with Gasteiger partial charge in [0.05, 0.1) is 18.8 Å². The van der Waals surface area contributed by atoms with Gasteiger partial charge in [0.25, 0.3) is 0 Å². The number of aliphatic hydroxyl groups is 1. The lowest BCUT2D eigenvalue weighted by Gasteiger charge is -2.41. The van der Waals surface area contributed by atoms with E-state index in [0.717, 1.165) is 27.4 Å². The Balaban J connectivity index is 1.44. The Bertz CT molecular complexity index is 1230. The minimum atomic E-state index is -0.901. The van der Waals surface area contributed by atoms with Gasteiger partial charge in [-0.15, -0.1) is 0 Å². The predicted molar refractivity (Wildman–Crippen MR) is 147 cm³/mol. The van der Waals surface area contributed by atoms with Crippen LogP contribution in [0.2, 0.25) is 0 Å². The molecule has 1 aliphatic rings. The monoisotopic (exact) mass is 553 g/mol. The molecule has 0 radical (unpaired) electrons. The van der Waals surface area contributed by atoms with E-state index >= 15 is 0 Å². The van der Waals surface area contributed by atoms with E-state index in [1.807, 2.05) is 66.3 Å². The average Bonchev–Trinajstić information content (AvgIpc) is 3.36. The van der Waals surface area contributed by atoms with Crippen molar-refractivity contribution in [3.8, 4) is 0 Å². The second-order valence-electron chi connectivity index (χ2n) is 9.72. The number of aryl methyl sites for hydroxylation is 1. The van der Waals surface area contributed by atoms with Crippen molar-refractivity contribution in [1.29, 1.82) is 0 Å². The average molecular weight is 554 g/mol. The zero-order chi connectivity index (χ0) is 27.8. The number of benzene rings is 2. The summed E-state index contributed by atoms with van der Waals surface area (Å²) in [5.41, 5.74) is 3.68. The van der Waals surface area contributed by atoms with Crippen LogP contribution < -0.4 is 5.32 Å². The molecule has 0 bridgehead atoms. The molecule has 4 atom stereocenters. The highest BCUT2D eigenvalue weighted by Crippen LogP contribution is 2.42. The molecule has 0 unspecified atom stereocenters. The molecular weight excluding hydrogens is 518 g/mol. The lowest BCUT2D eigenvalue weighted by Crippen LogP contribution is -2.38. The Labute approximate surface area is 232 Å². The van der Waals surface area contributed by atoms with Gasteiger partial charge < -0.3 is 29.6 Å². The van der Waals surface area contributed by atoms with Gasteiger partial charge in [0, 0.05) is 56.1 Å². The first-order chi connectivity index (χ1) is 18.8. The van der Waals surface area contributed by atoms with E-state index in [1.54, 1.807) is 18.0 Å². The highest BCUT2D eigenvalue weighted by Gasteiger charge is 2.38. The smallest absolute Gasteiger partial charge is 0.303 e. The zero-order valence-corrected chi connectivity index (χ0v) is 23.0. The fourth-order valence-corrected chi connectivity index (χ4v) is 5.53. The largest absolute Gasteiger partial charge is 0.481 e. The molecule has 0 aliphatic carbocycles. The summed E-state index contributed by atoms with van der Waals surface area (Å²) in [4.78, 5) is 27.0. The molecule has 1 amide bonds. The van der Waals surface area contributed by atoms with E-state index in [4.69, 9.17) is 14.6 Å². The third-order valence-corrected chi connectivity index (χ3v) is 7.96. The number of carboxylic acid groups (broad SMARTS) is 1. The van der Waals surface area contributed by atoms with Crippen LogP contribution >= 0.6 is 11.8 Å². The van der Waals surface area contributed by atoms with E-state index in [1.165, 1.54) is 0 Å². The van der Waals surface area contributed by atoms with Crippen molar-refractivity contribution in [2.45, 2.75) is 63.0 Å². The van der Waals surface area contributed by atoms with E-state index in [9.17, 15) is 14.7 Å². The molecule has 3 N–H and O–H groups in total. The SMILES string of the molecule is C[C@@H]1[C@H](CSc2nccn2C)O[C@H](c2ccc(CNC(=O)CCCC(=O)O)cc2)O[C@@H]1c1ccc(CO)cc1. The van der Waals surface area contributed by atoms with Crippen molar-refractivity contribution < 1.29 is 29.3 Å². The molecule has 0 spiro atoms. The number of hydrogen-bond donors (Lipinski definition) is 3. The Hall–Kier alpha value is -3.18. The highest BCUT2D eigenvalue weighted by molar-refractivity contribution is 7.99. The number of hydrogen-bond acceptors (Lipinski definition) is 7. The molecule has 4 rings (SSSR count). The number of imidazole rings is 1. The molecule has 9 nitrogen and oxygen atoms in total. The van der Waals surface area contributed by atoms with Gasteiger partial charge in [-0.2, -0.15) is 0 Å². The van der Waals surface area contributed by atoms with Crippen LogP contribution in [0.5, 0.6) is 0 Å². The fraction of sp³-hybridized carbons (Fsp3) is 0.414. The van der Waals surface area contributed by atoms with Crippen LogP contribution in [-0.2, 0) is 39.3 Å². The van der Waals surface area contributed by atoms with Gasteiger partial charge in [-0.1, -0.05) is 67.2 Å². The minimum Gasteiger partial charge on any atom is -0.481 e. The maximum absolute atomic E-state index is 12.0. The quantitative estimate of drug-likeness (QED) is 0.283. The van der Waals surface area contributed by atoms with Gasteiger partial charge in [0.15, 0.2) is 11.4 Å². The van der Waals surface area contributed by atoms with Gasteiger partial charge in [-0.3, -0.25) is 9.59 Å². The summed E-state index contributed by atoms with van der Waals surface area (Å²) in [6.07, 6.45) is 3.32. The first-order valence-electron chi connectivity index (χ1n) is 13.0. The lowest BCUT2D eigenvalue weighted by atomic mass is 9.91. The molecular formula is C29H35N3O6S. The fourth-order valence-electron chi connectivity index (χ4n) is 4.44. The van der Waals surface area contributed by atoms with E-state index in [2.05, 4.69) is 17.2 Å². The molecule has 3 aromatic rings. The lowest BCUT2D eigenvalue weighted by molar-refractivity contribution is -0.268. The normalized spacial score (nSPS) is 21.0. The summed E-state index contributed by atoms with van der Waals surface area (Å²) in [6, 6.07) is 15.6. The van der Waals surface area contributed by atoms with Crippen molar-refractivity contribution in [1.82, 2.24) is 14.9 Å². The van der Waals surface area contributed by atoms with Crippen molar-refractivity contribution in [3.05, 3.63) is 83.2 Å². The first kappa shape index (κ1) is 28.8. The van der Waals surface area contributed by atoms with Gasteiger partial charge in [0.1, 0.15) is 0 Å². The number of ether oxygens (including phenoxy) is 2. The number of amides is 1. The molecule has 2 heterocycles. The first-order valence-corrected chi connectivity index (χ1v) is 14.0. The third kappa shape index (κ3) is 7.92. The number of carbonyl (C=O) groups excluding carboxylic acids is 1. The van der Waals surface area contributed by atoms with E-state index in [0.29, 0.717) is 18.7 Å². The highest BCUT2D eigenvalue weighted by atomic mass is 32.2. The van der Waals surface area contributed by atoms with E-state index in [-0.39, 0.29) is 43.5 Å². The molecule has 10 heteroatoms. The van der Waals surface area contributed by atoms with Gasteiger partial charge in [0.2, 0.25) is 5.91 Å². The van der Waals surface area contributed by atoms with Crippen molar-refractivity contribution >= 4 is 23.6 Å². The molecule has 1 fully saturated rings. The molecule has 1 aliphatic heterocycles. The van der Waals surface area contributed by atoms with Crippen LogP contribution in [0.1, 0.15) is 60.8 Å². The van der Waals surface area contributed by atoms with Crippen LogP contribution in [0, 0.1) is 5.92 Å².